The zero-order valence-corrected chi connectivity index (χ0v) is 9.47. The van der Waals surface area contributed by atoms with Gasteiger partial charge in [-0.05, 0) is 24.6 Å². The van der Waals surface area contributed by atoms with Crippen molar-refractivity contribution in [1.82, 2.24) is 10.6 Å². The van der Waals surface area contributed by atoms with E-state index in [1.165, 1.54) is 12.1 Å². The highest BCUT2D eigenvalue weighted by Crippen LogP contribution is 2.13. The van der Waals surface area contributed by atoms with E-state index < -0.39 is 17.5 Å². The second-order valence-electron chi connectivity index (χ2n) is 4.32. The van der Waals surface area contributed by atoms with Crippen molar-refractivity contribution in [3.05, 3.63) is 35.4 Å². The van der Waals surface area contributed by atoms with E-state index >= 15 is 0 Å². The van der Waals surface area contributed by atoms with Gasteiger partial charge < -0.3 is 10.6 Å². The van der Waals surface area contributed by atoms with Gasteiger partial charge >= 0.3 is 0 Å². The van der Waals surface area contributed by atoms with Crippen molar-refractivity contribution in [2.45, 2.75) is 13.0 Å². The predicted octanol–water partition coefficient (Wildman–Crippen LogP) is 1.30. The first-order valence-corrected chi connectivity index (χ1v) is 5.55. The Labute approximate surface area is 98.2 Å². The molecule has 0 radical (unpaired) electrons. The van der Waals surface area contributed by atoms with Crippen molar-refractivity contribution in [3.63, 3.8) is 0 Å². The van der Waals surface area contributed by atoms with Gasteiger partial charge in [-0.3, -0.25) is 4.79 Å². The van der Waals surface area contributed by atoms with Crippen LogP contribution < -0.4 is 10.6 Å². The third-order valence-electron chi connectivity index (χ3n) is 3.03. The summed E-state index contributed by atoms with van der Waals surface area (Å²) in [5.74, 6) is -2.38. The zero-order chi connectivity index (χ0) is 12.4. The van der Waals surface area contributed by atoms with Gasteiger partial charge in [0.2, 0.25) is 0 Å². The first kappa shape index (κ1) is 12.0. The van der Waals surface area contributed by atoms with Gasteiger partial charge in [0.1, 0.15) is 0 Å². The number of halogens is 2. The van der Waals surface area contributed by atoms with Crippen LogP contribution in [0.25, 0.3) is 0 Å². The SMILES string of the molecule is CC1CNCC1NC(=O)c1cccc(F)c1F. The largest absolute Gasteiger partial charge is 0.348 e. The summed E-state index contributed by atoms with van der Waals surface area (Å²) in [6, 6.07) is 3.56. The summed E-state index contributed by atoms with van der Waals surface area (Å²) in [6.45, 7) is 3.47. The lowest BCUT2D eigenvalue weighted by Gasteiger charge is -2.16. The first-order chi connectivity index (χ1) is 8.09. The third-order valence-corrected chi connectivity index (χ3v) is 3.03. The van der Waals surface area contributed by atoms with Crippen molar-refractivity contribution in [2.75, 3.05) is 13.1 Å². The Morgan fingerprint density at radius 3 is 2.82 bits per heavy atom. The molecule has 3 nitrogen and oxygen atoms in total. The summed E-state index contributed by atoms with van der Waals surface area (Å²) in [5, 5.41) is 5.83. The molecule has 5 heteroatoms. The van der Waals surface area contributed by atoms with Crippen LogP contribution in [0.3, 0.4) is 0 Å². The number of amides is 1. The molecule has 1 aromatic rings. The molecule has 1 aromatic carbocycles. The number of hydrogen-bond acceptors (Lipinski definition) is 2. The number of benzene rings is 1. The van der Waals surface area contributed by atoms with E-state index in [-0.39, 0.29) is 17.5 Å². The number of nitrogens with one attached hydrogen (secondary N) is 2. The summed E-state index contributed by atoms with van der Waals surface area (Å²) < 4.78 is 26.3. The topological polar surface area (TPSA) is 41.1 Å². The standard InChI is InChI=1S/C12H14F2N2O/c1-7-5-15-6-10(7)16-12(17)8-3-2-4-9(13)11(8)14/h2-4,7,10,15H,5-6H2,1H3,(H,16,17). The fourth-order valence-corrected chi connectivity index (χ4v) is 1.93. The Kier molecular flexibility index (Phi) is 3.38. The molecule has 0 bridgehead atoms. The van der Waals surface area contributed by atoms with Crippen LogP contribution in [0.2, 0.25) is 0 Å². The molecule has 1 fully saturated rings. The normalized spacial score (nSPS) is 23.7. The highest BCUT2D eigenvalue weighted by molar-refractivity contribution is 5.94. The molecular formula is C12H14F2N2O. The Hall–Kier alpha value is -1.49. The molecule has 0 aromatic heterocycles. The highest BCUT2D eigenvalue weighted by atomic mass is 19.2. The summed E-state index contributed by atoms with van der Waals surface area (Å²) in [4.78, 5) is 11.8. The molecule has 1 amide bonds. The van der Waals surface area contributed by atoms with E-state index in [1.54, 1.807) is 0 Å². The molecule has 17 heavy (non-hydrogen) atoms. The van der Waals surface area contributed by atoms with Crippen LogP contribution in [0.1, 0.15) is 17.3 Å². The third kappa shape index (κ3) is 2.44. The number of rotatable bonds is 2. The van der Waals surface area contributed by atoms with E-state index in [4.69, 9.17) is 0 Å². The maximum Gasteiger partial charge on any atom is 0.254 e. The minimum Gasteiger partial charge on any atom is -0.348 e. The lowest BCUT2D eigenvalue weighted by atomic mass is 10.1. The van der Waals surface area contributed by atoms with Crippen LogP contribution in [-0.4, -0.2) is 25.0 Å². The Morgan fingerprint density at radius 2 is 2.18 bits per heavy atom. The van der Waals surface area contributed by atoms with Crippen molar-refractivity contribution < 1.29 is 13.6 Å². The van der Waals surface area contributed by atoms with Gasteiger partial charge in [0.25, 0.3) is 5.91 Å². The molecule has 2 N–H and O–H groups in total. The van der Waals surface area contributed by atoms with Gasteiger partial charge in [-0.2, -0.15) is 0 Å². The molecule has 0 saturated carbocycles. The van der Waals surface area contributed by atoms with Crippen molar-refractivity contribution >= 4 is 5.91 Å². The molecule has 1 heterocycles. The zero-order valence-electron chi connectivity index (χ0n) is 9.47. The summed E-state index contributed by atoms with van der Waals surface area (Å²) in [7, 11) is 0. The number of carbonyl (C=O) groups is 1. The smallest absolute Gasteiger partial charge is 0.254 e. The lowest BCUT2D eigenvalue weighted by molar-refractivity contribution is 0.0927. The van der Waals surface area contributed by atoms with Crippen molar-refractivity contribution in [3.8, 4) is 0 Å². The minimum atomic E-state index is -1.09. The Bertz CT molecular complexity index is 437. The van der Waals surface area contributed by atoms with Gasteiger partial charge in [0.15, 0.2) is 11.6 Å². The molecule has 1 aliphatic heterocycles. The van der Waals surface area contributed by atoms with E-state index in [9.17, 15) is 13.6 Å². The van der Waals surface area contributed by atoms with Gasteiger partial charge in [0.05, 0.1) is 5.56 Å². The Morgan fingerprint density at radius 1 is 1.41 bits per heavy atom. The molecule has 1 aliphatic rings. The molecular weight excluding hydrogens is 226 g/mol. The molecule has 0 aliphatic carbocycles. The van der Waals surface area contributed by atoms with Crippen LogP contribution in [0.5, 0.6) is 0 Å². The van der Waals surface area contributed by atoms with Gasteiger partial charge in [-0.25, -0.2) is 8.78 Å². The lowest BCUT2D eigenvalue weighted by Crippen LogP contribution is -2.39. The monoisotopic (exact) mass is 240 g/mol. The highest BCUT2D eigenvalue weighted by Gasteiger charge is 2.26. The second-order valence-corrected chi connectivity index (χ2v) is 4.32. The molecule has 2 rings (SSSR count). The predicted molar refractivity (Wildman–Crippen MR) is 59.6 cm³/mol. The minimum absolute atomic E-state index is 0.0369. The fourth-order valence-electron chi connectivity index (χ4n) is 1.93. The molecule has 92 valence electrons. The summed E-state index contributed by atoms with van der Waals surface area (Å²) in [6.07, 6.45) is 0. The van der Waals surface area contributed by atoms with E-state index in [0.29, 0.717) is 6.54 Å². The second kappa shape index (κ2) is 4.79. The van der Waals surface area contributed by atoms with Crippen LogP contribution >= 0.6 is 0 Å². The quantitative estimate of drug-likeness (QED) is 0.818. The van der Waals surface area contributed by atoms with Crippen LogP contribution in [-0.2, 0) is 0 Å². The summed E-state index contributed by atoms with van der Waals surface area (Å²) >= 11 is 0. The van der Waals surface area contributed by atoms with Crippen molar-refractivity contribution in [1.29, 1.82) is 0 Å². The van der Waals surface area contributed by atoms with Gasteiger partial charge in [0, 0.05) is 12.6 Å². The average molecular weight is 240 g/mol. The van der Waals surface area contributed by atoms with E-state index in [1.807, 2.05) is 6.92 Å². The van der Waals surface area contributed by atoms with E-state index in [0.717, 1.165) is 12.6 Å². The fraction of sp³-hybridized carbons (Fsp3) is 0.417. The molecule has 0 spiro atoms. The summed E-state index contributed by atoms with van der Waals surface area (Å²) in [5.41, 5.74) is -0.246. The molecule has 1 saturated heterocycles. The molecule has 2 atom stereocenters. The maximum absolute atomic E-state index is 13.4. The molecule has 2 unspecified atom stereocenters. The Balaban J connectivity index is 2.12. The number of carbonyl (C=O) groups excluding carboxylic acids is 1. The first-order valence-electron chi connectivity index (χ1n) is 5.55. The van der Waals surface area contributed by atoms with Crippen LogP contribution in [0.4, 0.5) is 8.78 Å². The van der Waals surface area contributed by atoms with Gasteiger partial charge in [-0.1, -0.05) is 13.0 Å². The van der Waals surface area contributed by atoms with Crippen LogP contribution in [0.15, 0.2) is 18.2 Å². The van der Waals surface area contributed by atoms with Gasteiger partial charge in [-0.15, -0.1) is 0 Å². The number of hydrogen-bond donors (Lipinski definition) is 2. The van der Waals surface area contributed by atoms with Crippen LogP contribution in [0, 0.1) is 17.6 Å². The van der Waals surface area contributed by atoms with Crippen molar-refractivity contribution in [2.24, 2.45) is 5.92 Å². The maximum atomic E-state index is 13.4. The average Bonchev–Trinajstić information content (AvgIpc) is 2.68. The van der Waals surface area contributed by atoms with E-state index in [2.05, 4.69) is 10.6 Å².